The molecule has 0 saturated carbocycles. The number of benzene rings is 3. The summed E-state index contributed by atoms with van der Waals surface area (Å²) >= 11 is 3.29. The number of nitro benzene ring substituents is 1. The van der Waals surface area contributed by atoms with Crippen LogP contribution in [0.5, 0.6) is 5.75 Å². The van der Waals surface area contributed by atoms with Crippen LogP contribution >= 0.6 is 15.9 Å². The molecule has 0 fully saturated rings. The van der Waals surface area contributed by atoms with Gasteiger partial charge in [-0.3, -0.25) is 19.7 Å². The van der Waals surface area contributed by atoms with Gasteiger partial charge in [0.05, 0.1) is 17.6 Å². The van der Waals surface area contributed by atoms with Gasteiger partial charge >= 0.3 is 0 Å². The zero-order valence-electron chi connectivity index (χ0n) is 17.2. The van der Waals surface area contributed by atoms with Crippen molar-refractivity contribution in [3.63, 3.8) is 0 Å². The molecule has 0 aromatic heterocycles. The molecule has 3 aromatic carbocycles. The number of anilines is 1. The molecule has 3 aromatic rings. The third-order valence-electron chi connectivity index (χ3n) is 4.41. The van der Waals surface area contributed by atoms with Crippen molar-refractivity contribution in [2.45, 2.75) is 0 Å². The lowest BCUT2D eigenvalue weighted by atomic mass is 10.1. The van der Waals surface area contributed by atoms with Crippen LogP contribution in [0.2, 0.25) is 0 Å². The molecular formula is C23H17BrFN3O5. The van der Waals surface area contributed by atoms with Gasteiger partial charge in [-0.05, 0) is 70.0 Å². The summed E-state index contributed by atoms with van der Waals surface area (Å²) in [6.45, 7) is 0. The number of hydrogen-bond acceptors (Lipinski definition) is 5. The van der Waals surface area contributed by atoms with Crippen molar-refractivity contribution < 1.29 is 23.6 Å². The van der Waals surface area contributed by atoms with Gasteiger partial charge < -0.3 is 15.4 Å². The van der Waals surface area contributed by atoms with E-state index in [4.69, 9.17) is 4.74 Å². The third kappa shape index (κ3) is 6.23. The highest BCUT2D eigenvalue weighted by atomic mass is 79.9. The quantitative estimate of drug-likeness (QED) is 0.264. The summed E-state index contributed by atoms with van der Waals surface area (Å²) in [6.07, 6.45) is 1.30. The molecule has 2 amide bonds. The van der Waals surface area contributed by atoms with E-state index in [1.54, 1.807) is 18.2 Å². The van der Waals surface area contributed by atoms with E-state index in [1.807, 2.05) is 0 Å². The maximum atomic E-state index is 13.2. The Morgan fingerprint density at radius 3 is 2.48 bits per heavy atom. The monoisotopic (exact) mass is 513 g/mol. The first kappa shape index (κ1) is 23.6. The predicted molar refractivity (Wildman–Crippen MR) is 124 cm³/mol. The summed E-state index contributed by atoms with van der Waals surface area (Å²) in [5.74, 6) is -1.37. The molecule has 8 nitrogen and oxygen atoms in total. The molecule has 0 aliphatic carbocycles. The molecule has 0 unspecified atom stereocenters. The average molecular weight is 514 g/mol. The van der Waals surface area contributed by atoms with Gasteiger partial charge in [0.25, 0.3) is 17.5 Å². The van der Waals surface area contributed by atoms with Crippen LogP contribution in [0.1, 0.15) is 15.9 Å². The Labute approximate surface area is 196 Å². The molecule has 0 aliphatic rings. The molecule has 0 radical (unpaired) electrons. The number of halogens is 2. The molecule has 33 heavy (non-hydrogen) atoms. The van der Waals surface area contributed by atoms with Gasteiger partial charge in [0.1, 0.15) is 17.3 Å². The number of nitro groups is 1. The zero-order chi connectivity index (χ0) is 24.0. The minimum absolute atomic E-state index is 0.177. The smallest absolute Gasteiger partial charge is 0.272 e. The van der Waals surface area contributed by atoms with Gasteiger partial charge in [-0.15, -0.1) is 0 Å². The first-order valence-electron chi connectivity index (χ1n) is 9.45. The molecule has 0 heterocycles. The van der Waals surface area contributed by atoms with Gasteiger partial charge in [-0.1, -0.05) is 12.1 Å². The zero-order valence-corrected chi connectivity index (χ0v) is 18.8. The molecule has 0 atom stereocenters. The van der Waals surface area contributed by atoms with E-state index >= 15 is 0 Å². The third-order valence-corrected chi connectivity index (χ3v) is 5.10. The number of amides is 2. The van der Waals surface area contributed by atoms with Crippen molar-refractivity contribution in [2.24, 2.45) is 0 Å². The number of carbonyl (C=O) groups is 2. The molecule has 0 aliphatic heterocycles. The normalized spacial score (nSPS) is 10.9. The molecule has 10 heteroatoms. The second-order valence-electron chi connectivity index (χ2n) is 6.67. The van der Waals surface area contributed by atoms with Gasteiger partial charge in [-0.25, -0.2) is 4.39 Å². The number of methoxy groups -OCH3 is 1. The maximum absolute atomic E-state index is 13.2. The van der Waals surface area contributed by atoms with E-state index in [2.05, 4.69) is 26.6 Å². The SMILES string of the molecule is COc1ccc(Br)c(C(=O)N/C(=C\c2cccc([N+](=O)[O-])c2)C(=O)Nc2ccc(F)cc2)c1. The molecule has 168 valence electrons. The van der Waals surface area contributed by atoms with Crippen LogP contribution in [0.15, 0.2) is 76.9 Å². The fraction of sp³-hybridized carbons (Fsp3) is 0.0435. The fourth-order valence-electron chi connectivity index (χ4n) is 2.78. The molecular weight excluding hydrogens is 497 g/mol. The van der Waals surface area contributed by atoms with Crippen LogP contribution in [0.4, 0.5) is 15.8 Å². The predicted octanol–water partition coefficient (Wildman–Crippen LogP) is 4.91. The summed E-state index contributed by atoms with van der Waals surface area (Å²) in [5.41, 5.74) is 0.457. The molecule has 0 saturated heterocycles. The number of nitrogens with one attached hydrogen (secondary N) is 2. The topological polar surface area (TPSA) is 111 Å². The van der Waals surface area contributed by atoms with Crippen molar-refractivity contribution in [3.8, 4) is 5.75 Å². The largest absolute Gasteiger partial charge is 0.497 e. The number of nitrogens with zero attached hydrogens (tertiary/aromatic N) is 1. The van der Waals surface area contributed by atoms with Gasteiger partial charge in [0, 0.05) is 22.3 Å². The Morgan fingerprint density at radius 1 is 1.09 bits per heavy atom. The first-order chi connectivity index (χ1) is 15.8. The summed E-state index contributed by atoms with van der Waals surface area (Å²) in [7, 11) is 1.45. The van der Waals surface area contributed by atoms with E-state index in [9.17, 15) is 24.1 Å². The standard InChI is InChI=1S/C23H17BrFN3O5/c1-33-18-9-10-20(24)19(13-18)22(29)27-21(12-14-3-2-4-17(11-14)28(31)32)23(30)26-16-7-5-15(25)6-8-16/h2-13H,1H3,(H,26,30)(H,27,29)/b21-12-. The van der Waals surface area contributed by atoms with Gasteiger partial charge in [0.15, 0.2) is 0 Å². The van der Waals surface area contributed by atoms with Crippen LogP contribution in [0, 0.1) is 15.9 Å². The average Bonchev–Trinajstić information content (AvgIpc) is 2.80. The van der Waals surface area contributed by atoms with E-state index in [-0.39, 0.29) is 16.9 Å². The van der Waals surface area contributed by atoms with Crippen molar-refractivity contribution in [1.29, 1.82) is 0 Å². The lowest BCUT2D eigenvalue weighted by Gasteiger charge is -2.13. The fourth-order valence-corrected chi connectivity index (χ4v) is 3.21. The van der Waals surface area contributed by atoms with Crippen LogP contribution in [-0.2, 0) is 4.79 Å². The van der Waals surface area contributed by atoms with Crippen LogP contribution < -0.4 is 15.4 Å². The Kier molecular flexibility index (Phi) is 7.52. The second-order valence-corrected chi connectivity index (χ2v) is 7.53. The lowest BCUT2D eigenvalue weighted by Crippen LogP contribution is -2.31. The number of ether oxygens (including phenoxy) is 1. The number of carbonyl (C=O) groups excluding carboxylic acids is 2. The summed E-state index contributed by atoms with van der Waals surface area (Å²) in [5, 5.41) is 16.2. The highest BCUT2D eigenvalue weighted by molar-refractivity contribution is 9.10. The van der Waals surface area contributed by atoms with E-state index in [0.717, 1.165) is 0 Å². The number of rotatable bonds is 7. The van der Waals surface area contributed by atoms with Crippen molar-refractivity contribution in [2.75, 3.05) is 12.4 Å². The summed E-state index contributed by atoms with van der Waals surface area (Å²) in [4.78, 5) is 36.4. The maximum Gasteiger partial charge on any atom is 0.272 e. The molecule has 0 bridgehead atoms. The summed E-state index contributed by atoms with van der Waals surface area (Å²) in [6, 6.07) is 15.4. The minimum Gasteiger partial charge on any atom is -0.497 e. The minimum atomic E-state index is -0.708. The first-order valence-corrected chi connectivity index (χ1v) is 10.2. The van der Waals surface area contributed by atoms with Crippen LogP contribution in [0.3, 0.4) is 0 Å². The number of hydrogen-bond donors (Lipinski definition) is 2. The van der Waals surface area contributed by atoms with Crippen LogP contribution in [0.25, 0.3) is 6.08 Å². The van der Waals surface area contributed by atoms with Crippen LogP contribution in [-0.4, -0.2) is 23.8 Å². The Morgan fingerprint density at radius 2 is 1.82 bits per heavy atom. The van der Waals surface area contributed by atoms with E-state index in [0.29, 0.717) is 21.5 Å². The Bertz CT molecular complexity index is 1250. The highest BCUT2D eigenvalue weighted by Crippen LogP contribution is 2.23. The number of non-ortho nitro benzene ring substituents is 1. The lowest BCUT2D eigenvalue weighted by molar-refractivity contribution is -0.384. The van der Waals surface area contributed by atoms with E-state index in [1.165, 1.54) is 61.7 Å². The highest BCUT2D eigenvalue weighted by Gasteiger charge is 2.18. The summed E-state index contributed by atoms with van der Waals surface area (Å²) < 4.78 is 18.8. The van der Waals surface area contributed by atoms with Crippen molar-refractivity contribution in [1.82, 2.24) is 5.32 Å². The second kappa shape index (κ2) is 10.5. The Hall–Kier alpha value is -4.05. The van der Waals surface area contributed by atoms with Crippen molar-refractivity contribution in [3.05, 3.63) is 104 Å². The Balaban J connectivity index is 1.96. The molecule has 3 rings (SSSR count). The van der Waals surface area contributed by atoms with Gasteiger partial charge in [-0.2, -0.15) is 0 Å². The van der Waals surface area contributed by atoms with Crippen molar-refractivity contribution >= 4 is 45.2 Å². The van der Waals surface area contributed by atoms with E-state index < -0.39 is 22.6 Å². The molecule has 2 N–H and O–H groups in total. The van der Waals surface area contributed by atoms with Gasteiger partial charge in [0.2, 0.25) is 0 Å². The molecule has 0 spiro atoms.